The lowest BCUT2D eigenvalue weighted by Gasteiger charge is -2.19. The molecule has 4 atom stereocenters. The Labute approximate surface area is 176 Å². The van der Waals surface area contributed by atoms with Crippen LogP contribution in [0, 0.1) is 23.7 Å². The predicted molar refractivity (Wildman–Crippen MR) is 107 cm³/mol. The second-order valence-electron chi connectivity index (χ2n) is 9.65. The zero-order valence-electron chi connectivity index (χ0n) is 18.5. The zero-order chi connectivity index (χ0) is 23.3. The molecule has 0 aliphatic heterocycles. The Balaban J connectivity index is 0.000000300. The molecule has 2 aliphatic carbocycles. The van der Waals surface area contributed by atoms with Gasteiger partial charge in [0.1, 0.15) is 11.2 Å². The molecule has 0 bridgehead atoms. The lowest BCUT2D eigenvalue weighted by atomic mass is 10.2. The molecule has 0 aromatic heterocycles. The molecule has 0 unspecified atom stereocenters. The predicted octanol–water partition coefficient (Wildman–Crippen LogP) is 2.46. The Kier molecular flexibility index (Phi) is 8.50. The molecule has 0 radical (unpaired) electrons. The first-order valence-corrected chi connectivity index (χ1v) is 9.98. The highest BCUT2D eigenvalue weighted by Crippen LogP contribution is 2.38. The van der Waals surface area contributed by atoms with E-state index in [9.17, 15) is 19.2 Å². The van der Waals surface area contributed by atoms with E-state index >= 15 is 0 Å². The van der Waals surface area contributed by atoms with Gasteiger partial charge in [-0.15, -0.1) is 0 Å². The number of carboxylic acid groups (broad SMARTS) is 2. The fourth-order valence-electron chi connectivity index (χ4n) is 2.61. The van der Waals surface area contributed by atoms with Gasteiger partial charge in [-0.25, -0.2) is 9.59 Å². The summed E-state index contributed by atoms with van der Waals surface area (Å²) >= 11 is 0. The Bertz CT molecular complexity index is 594. The van der Waals surface area contributed by atoms with E-state index in [0.29, 0.717) is 25.9 Å². The number of hydrogen-bond donors (Lipinski definition) is 4. The summed E-state index contributed by atoms with van der Waals surface area (Å²) in [5.41, 5.74) is -1.03. The van der Waals surface area contributed by atoms with E-state index in [2.05, 4.69) is 10.6 Å². The van der Waals surface area contributed by atoms with Gasteiger partial charge in [0, 0.05) is 13.1 Å². The van der Waals surface area contributed by atoms with Gasteiger partial charge in [-0.2, -0.15) is 0 Å². The van der Waals surface area contributed by atoms with Crippen molar-refractivity contribution in [3.63, 3.8) is 0 Å². The first kappa shape index (κ1) is 25.5. The minimum atomic E-state index is -0.786. The van der Waals surface area contributed by atoms with Gasteiger partial charge >= 0.3 is 24.1 Å². The molecule has 2 rings (SSSR count). The minimum absolute atomic E-state index is 0.0648. The first-order valence-electron chi connectivity index (χ1n) is 9.98. The molecule has 2 saturated carbocycles. The van der Waals surface area contributed by atoms with Gasteiger partial charge in [-0.1, -0.05) is 0 Å². The van der Waals surface area contributed by atoms with Crippen molar-refractivity contribution in [3.05, 3.63) is 0 Å². The number of carbonyl (C=O) groups is 4. The van der Waals surface area contributed by atoms with Crippen LogP contribution in [-0.2, 0) is 19.1 Å². The molecule has 4 N–H and O–H groups in total. The van der Waals surface area contributed by atoms with Gasteiger partial charge < -0.3 is 30.3 Å². The van der Waals surface area contributed by atoms with Gasteiger partial charge in [0.15, 0.2) is 0 Å². The van der Waals surface area contributed by atoms with Crippen molar-refractivity contribution in [2.75, 3.05) is 13.1 Å². The van der Waals surface area contributed by atoms with E-state index in [1.54, 1.807) is 41.5 Å². The van der Waals surface area contributed by atoms with Gasteiger partial charge in [0.25, 0.3) is 0 Å². The monoisotopic (exact) mass is 430 g/mol. The summed E-state index contributed by atoms with van der Waals surface area (Å²) in [5.74, 6) is -2.03. The molecular formula is C20H34N2O8. The molecule has 10 nitrogen and oxygen atoms in total. The summed E-state index contributed by atoms with van der Waals surface area (Å²) in [5, 5.41) is 22.4. The Morgan fingerprint density at radius 3 is 1.23 bits per heavy atom. The Morgan fingerprint density at radius 2 is 1.03 bits per heavy atom. The zero-order valence-corrected chi connectivity index (χ0v) is 18.5. The molecule has 0 saturated heterocycles. The average Bonchev–Trinajstić information content (AvgIpc) is 3.41. The number of rotatable bonds is 6. The molecule has 0 aromatic carbocycles. The third-order valence-electron chi connectivity index (χ3n) is 4.29. The fourth-order valence-corrected chi connectivity index (χ4v) is 2.61. The number of carboxylic acids is 2. The number of nitrogens with one attached hydrogen (secondary N) is 2. The van der Waals surface area contributed by atoms with Crippen molar-refractivity contribution < 1.29 is 38.9 Å². The molecule has 0 aromatic rings. The van der Waals surface area contributed by atoms with Gasteiger partial charge in [0.05, 0.1) is 11.8 Å². The summed E-state index contributed by atoms with van der Waals surface area (Å²) in [6.07, 6.45) is 0.313. The van der Waals surface area contributed by atoms with E-state index in [4.69, 9.17) is 19.7 Å². The van der Waals surface area contributed by atoms with Crippen molar-refractivity contribution >= 4 is 24.1 Å². The maximum Gasteiger partial charge on any atom is 0.407 e. The lowest BCUT2D eigenvalue weighted by molar-refractivity contribution is -0.139. The molecule has 0 heterocycles. The number of hydrogen-bond acceptors (Lipinski definition) is 6. The maximum absolute atomic E-state index is 11.2. The van der Waals surface area contributed by atoms with Crippen LogP contribution in [0.25, 0.3) is 0 Å². The molecule has 2 amide bonds. The fraction of sp³-hybridized carbons (Fsp3) is 0.800. The third kappa shape index (κ3) is 10.9. The molecule has 2 fully saturated rings. The summed E-state index contributed by atoms with van der Waals surface area (Å²) in [6.45, 7) is 11.5. The molecule has 10 heteroatoms. The average molecular weight is 430 g/mol. The van der Waals surface area contributed by atoms with Crippen LogP contribution in [0.2, 0.25) is 0 Å². The smallest absolute Gasteiger partial charge is 0.407 e. The summed E-state index contributed by atoms with van der Waals surface area (Å²) in [4.78, 5) is 43.4. The standard InChI is InChI=1S/2C10H17NO4/c2*1-10(2,3)15-9(14)11-5-6-4-7(6)8(12)13/h2*6-7H,4-5H2,1-3H3,(H,11,14)(H,12,13)/t2*6-,7-/m10/s1. The van der Waals surface area contributed by atoms with E-state index in [-0.39, 0.29) is 23.7 Å². The van der Waals surface area contributed by atoms with Crippen LogP contribution >= 0.6 is 0 Å². The highest BCUT2D eigenvalue weighted by Gasteiger charge is 2.43. The number of alkyl carbamates (subject to hydrolysis) is 2. The number of aliphatic carboxylic acids is 2. The third-order valence-corrected chi connectivity index (χ3v) is 4.29. The molecule has 30 heavy (non-hydrogen) atoms. The van der Waals surface area contributed by atoms with Crippen LogP contribution in [0.3, 0.4) is 0 Å². The lowest BCUT2D eigenvalue weighted by Crippen LogP contribution is -2.33. The van der Waals surface area contributed by atoms with Crippen molar-refractivity contribution in [1.82, 2.24) is 10.6 Å². The molecule has 2 aliphatic rings. The van der Waals surface area contributed by atoms with Crippen molar-refractivity contribution in [3.8, 4) is 0 Å². The quantitative estimate of drug-likeness (QED) is 0.501. The number of ether oxygens (including phenoxy) is 2. The van der Waals surface area contributed by atoms with Crippen LogP contribution in [0.15, 0.2) is 0 Å². The Hall–Kier alpha value is -2.52. The second kappa shape index (κ2) is 9.99. The second-order valence-corrected chi connectivity index (χ2v) is 9.65. The SMILES string of the molecule is CC(C)(C)OC(=O)NC[C@@H]1C[C@@H]1C(=O)O.CC(C)(C)OC(=O)NC[C@H]1C[C@H]1C(=O)O. The number of carbonyl (C=O) groups excluding carboxylic acids is 2. The summed E-state index contributed by atoms with van der Waals surface area (Å²) in [7, 11) is 0. The van der Waals surface area contributed by atoms with Crippen molar-refractivity contribution in [2.45, 2.75) is 65.6 Å². The number of amides is 2. The largest absolute Gasteiger partial charge is 0.481 e. The van der Waals surface area contributed by atoms with Crippen molar-refractivity contribution in [1.29, 1.82) is 0 Å². The molecule has 0 spiro atoms. The normalized spacial score (nSPS) is 24.5. The van der Waals surface area contributed by atoms with Crippen LogP contribution in [0.4, 0.5) is 9.59 Å². The minimum Gasteiger partial charge on any atom is -0.481 e. The van der Waals surface area contributed by atoms with Gasteiger partial charge in [-0.05, 0) is 66.2 Å². The van der Waals surface area contributed by atoms with E-state index in [0.717, 1.165) is 0 Å². The highest BCUT2D eigenvalue weighted by molar-refractivity contribution is 5.74. The first-order chi connectivity index (χ1) is 13.6. The topological polar surface area (TPSA) is 151 Å². The summed E-state index contributed by atoms with van der Waals surface area (Å²) in [6, 6.07) is 0. The van der Waals surface area contributed by atoms with E-state index in [1.165, 1.54) is 0 Å². The van der Waals surface area contributed by atoms with Crippen LogP contribution in [0.1, 0.15) is 54.4 Å². The Morgan fingerprint density at radius 1 is 0.733 bits per heavy atom. The van der Waals surface area contributed by atoms with Crippen LogP contribution in [0.5, 0.6) is 0 Å². The van der Waals surface area contributed by atoms with Gasteiger partial charge in [0.2, 0.25) is 0 Å². The van der Waals surface area contributed by atoms with Crippen molar-refractivity contribution in [2.24, 2.45) is 23.7 Å². The molecular weight excluding hydrogens is 396 g/mol. The van der Waals surface area contributed by atoms with Crippen LogP contribution < -0.4 is 10.6 Å². The maximum atomic E-state index is 11.2. The van der Waals surface area contributed by atoms with Crippen LogP contribution in [-0.4, -0.2) is 58.6 Å². The molecule has 172 valence electrons. The van der Waals surface area contributed by atoms with E-state index in [1.807, 2.05) is 0 Å². The van der Waals surface area contributed by atoms with Gasteiger partial charge in [-0.3, -0.25) is 9.59 Å². The summed E-state index contributed by atoms with van der Waals surface area (Å²) < 4.78 is 10.0. The van der Waals surface area contributed by atoms with E-state index < -0.39 is 35.3 Å². The highest BCUT2D eigenvalue weighted by atomic mass is 16.6.